The fourth-order valence-electron chi connectivity index (χ4n) is 0.457. The van der Waals surface area contributed by atoms with Gasteiger partial charge in [0.25, 0.3) is 0 Å². The van der Waals surface area contributed by atoms with Crippen LogP contribution in [0.25, 0.3) is 0 Å². The Morgan fingerprint density at radius 2 is 2.50 bits per heavy atom. The first-order chi connectivity index (χ1) is 3.83. The Bertz CT molecular complexity index is 172. The summed E-state index contributed by atoms with van der Waals surface area (Å²) < 4.78 is 1.83. The topological polar surface area (TPSA) is 30.7 Å². The Morgan fingerprint density at radius 1 is 1.75 bits per heavy atom. The standard InChI is InChI=1S/C4H8N3P/c1-4-3-7(8-2)6-5-4/h3,8H,1-2H3. The van der Waals surface area contributed by atoms with E-state index in [9.17, 15) is 0 Å². The Hall–Kier alpha value is -0.430. The number of hydrogen-bond donors (Lipinski definition) is 0. The van der Waals surface area contributed by atoms with E-state index in [0.29, 0.717) is 8.73 Å². The molecule has 1 heterocycles. The maximum absolute atomic E-state index is 3.81. The highest BCUT2D eigenvalue weighted by Crippen LogP contribution is 2.04. The van der Waals surface area contributed by atoms with E-state index in [4.69, 9.17) is 0 Å². The summed E-state index contributed by atoms with van der Waals surface area (Å²) in [5, 5.41) is 7.62. The summed E-state index contributed by atoms with van der Waals surface area (Å²) in [5.74, 6) is 0. The molecule has 1 aromatic rings. The molecule has 0 aliphatic carbocycles. The second-order valence-corrected chi connectivity index (χ2v) is 2.43. The van der Waals surface area contributed by atoms with Crippen LogP contribution in [0.2, 0.25) is 0 Å². The van der Waals surface area contributed by atoms with Crippen LogP contribution in [-0.4, -0.2) is 21.4 Å². The molecule has 0 aliphatic rings. The van der Waals surface area contributed by atoms with E-state index in [-0.39, 0.29) is 0 Å². The molecule has 0 amide bonds. The number of hydrogen-bond acceptors (Lipinski definition) is 2. The molecule has 0 N–H and O–H groups in total. The van der Waals surface area contributed by atoms with Crippen molar-refractivity contribution in [2.24, 2.45) is 0 Å². The van der Waals surface area contributed by atoms with E-state index in [1.807, 2.05) is 17.6 Å². The van der Waals surface area contributed by atoms with E-state index >= 15 is 0 Å². The highest BCUT2D eigenvalue weighted by molar-refractivity contribution is 7.35. The fraction of sp³-hybridized carbons (Fsp3) is 0.500. The van der Waals surface area contributed by atoms with Gasteiger partial charge >= 0.3 is 0 Å². The summed E-state index contributed by atoms with van der Waals surface area (Å²) in [4.78, 5) is 0. The lowest BCUT2D eigenvalue weighted by molar-refractivity contribution is 0.879. The van der Waals surface area contributed by atoms with Crippen LogP contribution in [0.3, 0.4) is 0 Å². The van der Waals surface area contributed by atoms with E-state index in [2.05, 4.69) is 17.0 Å². The van der Waals surface area contributed by atoms with Gasteiger partial charge in [-0.05, 0) is 13.6 Å². The number of aryl methyl sites for hydroxylation is 1. The quantitative estimate of drug-likeness (QED) is 0.521. The summed E-state index contributed by atoms with van der Waals surface area (Å²) in [6.07, 6.45) is 1.93. The summed E-state index contributed by atoms with van der Waals surface area (Å²) in [6, 6.07) is 0. The first-order valence-corrected chi connectivity index (χ1v) is 3.84. The maximum atomic E-state index is 3.81. The third kappa shape index (κ3) is 1.04. The second kappa shape index (κ2) is 2.23. The molecule has 0 radical (unpaired) electrons. The Morgan fingerprint density at radius 3 is 2.75 bits per heavy atom. The molecule has 0 aromatic carbocycles. The predicted octanol–water partition coefficient (Wildman–Crippen LogP) is 0.658. The molecule has 8 heavy (non-hydrogen) atoms. The third-order valence-corrected chi connectivity index (χ3v) is 1.51. The van der Waals surface area contributed by atoms with Gasteiger partial charge in [0, 0.05) is 8.73 Å². The number of aromatic nitrogens is 3. The molecule has 0 saturated carbocycles. The van der Waals surface area contributed by atoms with Crippen molar-refractivity contribution in [1.29, 1.82) is 0 Å². The van der Waals surface area contributed by atoms with Crippen LogP contribution in [-0.2, 0) is 0 Å². The maximum Gasteiger partial charge on any atom is 0.0799 e. The van der Waals surface area contributed by atoms with Crippen molar-refractivity contribution in [2.75, 3.05) is 6.66 Å². The minimum atomic E-state index is 0.694. The molecular weight excluding hydrogens is 121 g/mol. The van der Waals surface area contributed by atoms with Gasteiger partial charge in [0.15, 0.2) is 0 Å². The van der Waals surface area contributed by atoms with E-state index in [0.717, 1.165) is 5.69 Å². The zero-order valence-electron chi connectivity index (χ0n) is 4.92. The molecule has 0 fully saturated rings. The van der Waals surface area contributed by atoms with Crippen LogP contribution in [0, 0.1) is 6.92 Å². The van der Waals surface area contributed by atoms with Crippen molar-refractivity contribution >= 4 is 8.73 Å². The van der Waals surface area contributed by atoms with E-state index in [1.165, 1.54) is 0 Å². The van der Waals surface area contributed by atoms with E-state index < -0.39 is 0 Å². The highest BCUT2D eigenvalue weighted by atomic mass is 31.1. The predicted molar refractivity (Wildman–Crippen MR) is 34.4 cm³/mol. The molecule has 44 valence electrons. The first-order valence-electron chi connectivity index (χ1n) is 2.39. The van der Waals surface area contributed by atoms with Gasteiger partial charge in [0.05, 0.1) is 11.9 Å². The van der Waals surface area contributed by atoms with Crippen LogP contribution < -0.4 is 0 Å². The zero-order valence-corrected chi connectivity index (χ0v) is 5.92. The van der Waals surface area contributed by atoms with Crippen LogP contribution in [0.5, 0.6) is 0 Å². The summed E-state index contributed by atoms with van der Waals surface area (Å²) in [5.41, 5.74) is 0.986. The molecule has 0 saturated heterocycles. The molecule has 0 bridgehead atoms. The van der Waals surface area contributed by atoms with Gasteiger partial charge in [-0.3, -0.25) is 0 Å². The lowest BCUT2D eigenvalue weighted by atomic mass is 10.6. The Kier molecular flexibility index (Phi) is 1.59. The minimum absolute atomic E-state index is 0.694. The van der Waals surface area contributed by atoms with Crippen LogP contribution in [0.4, 0.5) is 0 Å². The van der Waals surface area contributed by atoms with Crippen LogP contribution in [0.1, 0.15) is 5.69 Å². The van der Waals surface area contributed by atoms with Crippen molar-refractivity contribution in [2.45, 2.75) is 6.92 Å². The van der Waals surface area contributed by atoms with Crippen molar-refractivity contribution in [3.63, 3.8) is 0 Å². The fourth-order valence-corrected chi connectivity index (χ4v) is 0.907. The molecular formula is C4H8N3P. The van der Waals surface area contributed by atoms with Gasteiger partial charge in [-0.15, -0.1) is 5.10 Å². The Labute approximate surface area is 49.9 Å². The van der Waals surface area contributed by atoms with Crippen LogP contribution >= 0.6 is 8.73 Å². The molecule has 1 aromatic heterocycles. The highest BCUT2D eigenvalue weighted by Gasteiger charge is 1.88. The van der Waals surface area contributed by atoms with Gasteiger partial charge in [0.2, 0.25) is 0 Å². The van der Waals surface area contributed by atoms with Crippen molar-refractivity contribution < 1.29 is 0 Å². The van der Waals surface area contributed by atoms with Gasteiger partial charge in [-0.1, -0.05) is 5.21 Å². The molecule has 0 spiro atoms. The molecule has 1 atom stereocenters. The lowest BCUT2D eigenvalue weighted by Crippen LogP contribution is -1.80. The average Bonchev–Trinajstić information content (AvgIpc) is 2.14. The molecule has 0 aliphatic heterocycles. The largest absolute Gasteiger partial charge is 0.235 e. The van der Waals surface area contributed by atoms with Crippen molar-refractivity contribution in [1.82, 2.24) is 14.8 Å². The van der Waals surface area contributed by atoms with Gasteiger partial charge in [-0.25, -0.2) is 4.45 Å². The smallest absolute Gasteiger partial charge is 0.0799 e. The van der Waals surface area contributed by atoms with E-state index in [1.54, 1.807) is 0 Å². The summed E-state index contributed by atoms with van der Waals surface area (Å²) >= 11 is 0. The Balaban J connectivity index is 2.84. The zero-order chi connectivity index (χ0) is 5.98. The molecule has 3 nitrogen and oxygen atoms in total. The van der Waals surface area contributed by atoms with Gasteiger partial charge in [-0.2, -0.15) is 0 Å². The SMILES string of the molecule is CPn1cc(C)nn1. The molecule has 1 unspecified atom stereocenters. The summed E-state index contributed by atoms with van der Waals surface area (Å²) in [6.45, 7) is 4.00. The first kappa shape index (κ1) is 5.70. The minimum Gasteiger partial charge on any atom is -0.235 e. The summed E-state index contributed by atoms with van der Waals surface area (Å²) in [7, 11) is 0.694. The van der Waals surface area contributed by atoms with Gasteiger partial charge in [0.1, 0.15) is 0 Å². The lowest BCUT2D eigenvalue weighted by Gasteiger charge is -1.85. The number of rotatable bonds is 1. The molecule has 1 rings (SSSR count). The van der Waals surface area contributed by atoms with Crippen LogP contribution in [0.15, 0.2) is 6.20 Å². The third-order valence-electron chi connectivity index (χ3n) is 0.837. The normalized spacial score (nSPS) is 11.2. The van der Waals surface area contributed by atoms with Gasteiger partial charge < -0.3 is 0 Å². The second-order valence-electron chi connectivity index (χ2n) is 1.53. The van der Waals surface area contributed by atoms with Crippen molar-refractivity contribution in [3.8, 4) is 0 Å². The monoisotopic (exact) mass is 129 g/mol. The average molecular weight is 129 g/mol. The van der Waals surface area contributed by atoms with Crippen molar-refractivity contribution in [3.05, 3.63) is 11.9 Å². The number of nitrogens with zero attached hydrogens (tertiary/aromatic N) is 3. The molecule has 4 heteroatoms.